The fraction of sp³-hybridized carbons (Fsp3) is 0.350. The summed E-state index contributed by atoms with van der Waals surface area (Å²) in [6.07, 6.45) is 0.512. The van der Waals surface area contributed by atoms with Crippen LogP contribution in [0.25, 0.3) is 0 Å². The van der Waals surface area contributed by atoms with Gasteiger partial charge in [-0.1, -0.05) is 44.2 Å². The molecule has 1 heterocycles. The number of benzene rings is 1. The van der Waals surface area contributed by atoms with Crippen molar-refractivity contribution in [1.29, 1.82) is 0 Å². The summed E-state index contributed by atoms with van der Waals surface area (Å²) in [6, 6.07) is 9.90. The first-order valence-electron chi connectivity index (χ1n) is 8.77. The van der Waals surface area contributed by atoms with E-state index in [0.29, 0.717) is 12.0 Å². The number of carboxylic acids is 1. The maximum atomic E-state index is 12.1. The van der Waals surface area contributed by atoms with Crippen molar-refractivity contribution in [1.82, 2.24) is 9.88 Å². The monoisotopic (exact) mass is 372 g/mol. The summed E-state index contributed by atoms with van der Waals surface area (Å²) in [6.45, 7) is 4.36. The van der Waals surface area contributed by atoms with E-state index in [1.54, 1.807) is 30.3 Å². The molecule has 0 saturated heterocycles. The van der Waals surface area contributed by atoms with Gasteiger partial charge in [-0.3, -0.25) is 9.59 Å². The highest BCUT2D eigenvalue weighted by atomic mass is 16.4. The van der Waals surface area contributed by atoms with Crippen LogP contribution in [0.4, 0.5) is 0 Å². The molecule has 0 saturated carbocycles. The fourth-order valence-corrected chi connectivity index (χ4v) is 2.74. The molecule has 0 fully saturated rings. The van der Waals surface area contributed by atoms with E-state index in [1.165, 1.54) is 10.8 Å². The third kappa shape index (κ3) is 5.52. The molecular weight excluding hydrogens is 348 g/mol. The van der Waals surface area contributed by atoms with Crippen molar-refractivity contribution in [2.75, 3.05) is 6.54 Å². The average molecular weight is 372 g/mol. The molecule has 0 bridgehead atoms. The van der Waals surface area contributed by atoms with Crippen LogP contribution in [0.5, 0.6) is 0 Å². The number of pyridine rings is 1. The number of carbonyl (C=O) groups excluding carboxylic acids is 1. The number of hydrogen-bond acceptors (Lipinski definition) is 4. The number of amides is 1. The molecule has 0 aliphatic heterocycles. The highest BCUT2D eigenvalue weighted by Gasteiger charge is 2.19. The van der Waals surface area contributed by atoms with Crippen molar-refractivity contribution in [3.8, 4) is 0 Å². The van der Waals surface area contributed by atoms with Gasteiger partial charge in [-0.25, -0.2) is 4.79 Å². The lowest BCUT2D eigenvalue weighted by Crippen LogP contribution is -2.30. The molecule has 0 spiro atoms. The van der Waals surface area contributed by atoms with Crippen LogP contribution < -0.4 is 10.7 Å². The molecule has 0 radical (unpaired) electrons. The summed E-state index contributed by atoms with van der Waals surface area (Å²) in [4.78, 5) is 35.2. The summed E-state index contributed by atoms with van der Waals surface area (Å²) in [5, 5.41) is 22.6. The number of aromatic carboxylic acids is 1. The molecule has 1 aromatic carbocycles. The minimum Gasteiger partial charge on any atom is -0.477 e. The number of nitrogens with one attached hydrogen (secondary N) is 1. The third-order valence-electron chi connectivity index (χ3n) is 4.06. The highest BCUT2D eigenvalue weighted by Crippen LogP contribution is 2.21. The molecule has 1 aromatic heterocycles. The van der Waals surface area contributed by atoms with Gasteiger partial charge in [0.1, 0.15) is 11.7 Å². The number of nitrogens with zero attached hydrogens (tertiary/aromatic N) is 1. The minimum absolute atomic E-state index is 0.102. The minimum atomic E-state index is -1.33. The molecule has 7 heteroatoms. The number of aliphatic hydroxyl groups is 1. The van der Waals surface area contributed by atoms with Gasteiger partial charge in [-0.05, 0) is 11.5 Å². The van der Waals surface area contributed by atoms with Crippen molar-refractivity contribution in [3.05, 3.63) is 69.6 Å². The van der Waals surface area contributed by atoms with Crippen LogP contribution in [0.15, 0.2) is 47.4 Å². The molecule has 1 amide bonds. The van der Waals surface area contributed by atoms with E-state index in [4.69, 9.17) is 0 Å². The Bertz CT molecular complexity index is 858. The molecule has 144 valence electrons. The van der Waals surface area contributed by atoms with Gasteiger partial charge in [0.05, 0.1) is 5.69 Å². The molecule has 27 heavy (non-hydrogen) atoms. The molecule has 7 nitrogen and oxygen atoms in total. The van der Waals surface area contributed by atoms with E-state index < -0.39 is 17.5 Å². The Morgan fingerprint density at radius 3 is 2.44 bits per heavy atom. The highest BCUT2D eigenvalue weighted by molar-refractivity contribution is 5.87. The van der Waals surface area contributed by atoms with Gasteiger partial charge in [0.15, 0.2) is 5.43 Å². The summed E-state index contributed by atoms with van der Waals surface area (Å²) < 4.78 is 1.50. The van der Waals surface area contributed by atoms with E-state index >= 15 is 0 Å². The van der Waals surface area contributed by atoms with Crippen LogP contribution in [0.3, 0.4) is 0 Å². The van der Waals surface area contributed by atoms with Gasteiger partial charge in [-0.15, -0.1) is 0 Å². The Morgan fingerprint density at radius 2 is 1.85 bits per heavy atom. The van der Waals surface area contributed by atoms with Crippen molar-refractivity contribution >= 4 is 11.9 Å². The molecule has 1 unspecified atom stereocenters. The standard InChI is InChI=1S/C20H24N2O5/c1-13(2)10-18(24)21-8-9-22-12-15(20(26)27)17(23)11-16(22)19(25)14-6-4-3-5-7-14/h3-7,11-13,19,25H,8-10H2,1-2H3,(H,21,24)(H,26,27). The second-order valence-corrected chi connectivity index (χ2v) is 6.74. The normalized spacial score (nSPS) is 12.0. The quantitative estimate of drug-likeness (QED) is 0.655. The number of aromatic nitrogens is 1. The van der Waals surface area contributed by atoms with E-state index in [2.05, 4.69) is 5.32 Å². The first kappa shape index (κ1) is 20.4. The van der Waals surface area contributed by atoms with Crippen LogP contribution in [-0.4, -0.2) is 33.2 Å². The van der Waals surface area contributed by atoms with Crippen LogP contribution in [0, 0.1) is 5.92 Å². The maximum Gasteiger partial charge on any atom is 0.341 e. The van der Waals surface area contributed by atoms with E-state index in [0.717, 1.165) is 6.07 Å². The Kier molecular flexibility index (Phi) is 6.90. The number of hydrogen-bond donors (Lipinski definition) is 3. The van der Waals surface area contributed by atoms with E-state index in [-0.39, 0.29) is 36.2 Å². The van der Waals surface area contributed by atoms with Gasteiger partial charge in [0.2, 0.25) is 5.91 Å². The van der Waals surface area contributed by atoms with Gasteiger partial charge in [-0.2, -0.15) is 0 Å². The predicted octanol–water partition coefficient (Wildman–Crippen LogP) is 1.79. The zero-order chi connectivity index (χ0) is 20.0. The fourth-order valence-electron chi connectivity index (χ4n) is 2.74. The van der Waals surface area contributed by atoms with Gasteiger partial charge >= 0.3 is 5.97 Å². The summed E-state index contributed by atoms with van der Waals surface area (Å²) in [5.41, 5.74) is -0.202. The number of carboxylic acid groups (broad SMARTS) is 1. The number of aliphatic hydroxyl groups excluding tert-OH is 1. The Balaban J connectivity index is 2.29. The van der Waals surface area contributed by atoms with Gasteiger partial charge in [0, 0.05) is 31.8 Å². The molecule has 1 atom stereocenters. The summed E-state index contributed by atoms with van der Waals surface area (Å²) >= 11 is 0. The number of rotatable bonds is 8. The molecule has 0 aliphatic rings. The van der Waals surface area contributed by atoms with Crippen LogP contribution in [0.1, 0.15) is 48.0 Å². The second-order valence-electron chi connectivity index (χ2n) is 6.74. The smallest absolute Gasteiger partial charge is 0.341 e. The molecule has 0 aliphatic carbocycles. The van der Waals surface area contributed by atoms with Gasteiger partial charge in [0.25, 0.3) is 0 Å². The first-order valence-corrected chi connectivity index (χ1v) is 8.77. The largest absolute Gasteiger partial charge is 0.477 e. The van der Waals surface area contributed by atoms with E-state index in [1.807, 2.05) is 13.8 Å². The molecule has 2 aromatic rings. The Labute approximate surface area is 157 Å². The van der Waals surface area contributed by atoms with Crippen molar-refractivity contribution in [3.63, 3.8) is 0 Å². The van der Waals surface area contributed by atoms with E-state index in [9.17, 15) is 24.6 Å². The van der Waals surface area contributed by atoms with Crippen LogP contribution >= 0.6 is 0 Å². The zero-order valence-electron chi connectivity index (χ0n) is 15.4. The zero-order valence-corrected chi connectivity index (χ0v) is 15.4. The second kappa shape index (κ2) is 9.14. The van der Waals surface area contributed by atoms with Crippen LogP contribution in [0.2, 0.25) is 0 Å². The number of carbonyl (C=O) groups is 2. The molecule has 2 rings (SSSR count). The van der Waals surface area contributed by atoms with Crippen molar-refractivity contribution < 1.29 is 19.8 Å². The summed E-state index contributed by atoms with van der Waals surface area (Å²) in [7, 11) is 0. The summed E-state index contributed by atoms with van der Waals surface area (Å²) in [5.74, 6) is -1.21. The lowest BCUT2D eigenvalue weighted by Gasteiger charge is -2.19. The van der Waals surface area contributed by atoms with Gasteiger partial charge < -0.3 is 20.1 Å². The molecular formula is C20H24N2O5. The SMILES string of the molecule is CC(C)CC(=O)NCCn1cc(C(=O)O)c(=O)cc1C(O)c1ccccc1. The topological polar surface area (TPSA) is 109 Å². The third-order valence-corrected chi connectivity index (χ3v) is 4.06. The Hall–Kier alpha value is -2.93. The predicted molar refractivity (Wildman–Crippen MR) is 101 cm³/mol. The van der Waals surface area contributed by atoms with Crippen LogP contribution in [-0.2, 0) is 11.3 Å². The lowest BCUT2D eigenvalue weighted by atomic mass is 10.0. The average Bonchev–Trinajstić information content (AvgIpc) is 2.61. The Morgan fingerprint density at radius 1 is 1.19 bits per heavy atom. The molecule has 3 N–H and O–H groups in total. The lowest BCUT2D eigenvalue weighted by molar-refractivity contribution is -0.121. The van der Waals surface area contributed by atoms with Crippen molar-refractivity contribution in [2.24, 2.45) is 5.92 Å². The first-order chi connectivity index (χ1) is 12.8. The van der Waals surface area contributed by atoms with Crippen molar-refractivity contribution in [2.45, 2.75) is 32.9 Å². The maximum absolute atomic E-state index is 12.1.